The van der Waals surface area contributed by atoms with Crippen molar-refractivity contribution in [3.63, 3.8) is 0 Å². The Hall–Kier alpha value is -3.94. The second-order valence-electron chi connectivity index (χ2n) is 11.1. The quantitative estimate of drug-likeness (QED) is 0.135. The van der Waals surface area contributed by atoms with E-state index in [1.54, 1.807) is 6.07 Å². The first kappa shape index (κ1) is 30.1. The average Bonchev–Trinajstić information content (AvgIpc) is 3.59. The van der Waals surface area contributed by atoms with Gasteiger partial charge in [-0.1, -0.05) is 65.3 Å². The number of nitrogens with one attached hydrogen (secondary N) is 3. The largest absolute Gasteiger partial charge is 0.361 e. The molecule has 0 saturated heterocycles. The molecule has 6 aromatic rings. The topological polar surface area (TPSA) is 70.6 Å². The molecule has 2 heterocycles. The van der Waals surface area contributed by atoms with Crippen LogP contribution in [0.1, 0.15) is 30.9 Å². The van der Waals surface area contributed by atoms with E-state index in [-0.39, 0.29) is 5.92 Å². The number of fused-ring (bicyclic) bond motifs is 2. The molecule has 44 heavy (non-hydrogen) atoms. The fraction of sp³-hybridized carbons (Fsp3) is 0.118. The van der Waals surface area contributed by atoms with Gasteiger partial charge in [0, 0.05) is 55.7 Å². The van der Waals surface area contributed by atoms with Crippen molar-refractivity contribution >= 4 is 85.4 Å². The zero-order valence-electron chi connectivity index (χ0n) is 23.9. The van der Waals surface area contributed by atoms with Gasteiger partial charge < -0.3 is 15.6 Å². The maximum Gasteiger partial charge on any atom is 0.113 e. The first-order valence-electron chi connectivity index (χ1n) is 13.8. The van der Waals surface area contributed by atoms with Crippen molar-refractivity contribution in [3.8, 4) is 5.69 Å². The molecule has 0 aliphatic heterocycles. The summed E-state index contributed by atoms with van der Waals surface area (Å²) in [5.41, 5.74) is 7.83. The minimum Gasteiger partial charge on any atom is -0.361 e. The van der Waals surface area contributed by atoms with Crippen LogP contribution in [-0.2, 0) is 0 Å². The Morgan fingerprint density at radius 2 is 1.66 bits per heavy atom. The van der Waals surface area contributed by atoms with Gasteiger partial charge in [-0.2, -0.15) is 0 Å². The number of hydrogen-bond donors (Lipinski definition) is 3. The number of rotatable bonds is 9. The van der Waals surface area contributed by atoms with Crippen molar-refractivity contribution in [2.45, 2.75) is 24.6 Å². The summed E-state index contributed by atoms with van der Waals surface area (Å²) in [6, 6.07) is 24.9. The normalized spacial score (nSPS) is 12.4. The number of allylic oxidation sites excluding steroid dienone is 1. The third-order valence-electron chi connectivity index (χ3n) is 7.38. The van der Waals surface area contributed by atoms with E-state index in [2.05, 4.69) is 45.2 Å². The molecule has 0 spiro atoms. The highest BCUT2D eigenvalue weighted by Gasteiger charge is 2.32. The number of nitrogens with zero attached hydrogens (tertiary/aromatic N) is 3. The summed E-state index contributed by atoms with van der Waals surface area (Å²) in [7, 11) is 0. The van der Waals surface area contributed by atoms with E-state index in [0.29, 0.717) is 32.0 Å². The summed E-state index contributed by atoms with van der Waals surface area (Å²) in [5.74, 6) is -0.312. The molecule has 0 fully saturated rings. The van der Waals surface area contributed by atoms with Gasteiger partial charge in [0.1, 0.15) is 5.52 Å². The molecule has 10 heteroatoms. The van der Waals surface area contributed by atoms with Gasteiger partial charge in [0.15, 0.2) is 0 Å². The zero-order valence-corrected chi connectivity index (χ0v) is 27.0. The molecule has 0 aliphatic carbocycles. The first-order chi connectivity index (χ1) is 21.0. The highest BCUT2D eigenvalue weighted by Crippen LogP contribution is 2.41. The van der Waals surface area contributed by atoms with Crippen molar-refractivity contribution in [2.75, 3.05) is 10.6 Å². The van der Waals surface area contributed by atoms with Crippen LogP contribution in [-0.4, -0.2) is 24.9 Å². The number of hydrogen-bond acceptors (Lipinski definition) is 4. The third kappa shape index (κ3) is 6.04. The number of H-pyrrole nitrogens is 1. The minimum absolute atomic E-state index is 0.312. The van der Waals surface area contributed by atoms with Crippen LogP contribution in [0.4, 0.5) is 11.4 Å². The Kier molecular flexibility index (Phi) is 8.12. The number of para-hydroxylation sites is 1. The molecule has 3 N–H and O–H groups in total. The van der Waals surface area contributed by atoms with Gasteiger partial charge in [-0.05, 0) is 86.1 Å². The van der Waals surface area contributed by atoms with Crippen molar-refractivity contribution in [2.24, 2.45) is 0 Å². The number of halogens is 4. The predicted molar refractivity (Wildman–Crippen MR) is 187 cm³/mol. The molecule has 0 amide bonds. The van der Waals surface area contributed by atoms with E-state index < -0.39 is 4.87 Å². The summed E-state index contributed by atoms with van der Waals surface area (Å²) in [6.07, 6.45) is 1.90. The fourth-order valence-electron chi connectivity index (χ4n) is 5.49. The number of anilines is 2. The van der Waals surface area contributed by atoms with Gasteiger partial charge in [0.2, 0.25) is 0 Å². The van der Waals surface area contributed by atoms with Crippen LogP contribution in [0.2, 0.25) is 15.1 Å². The van der Waals surface area contributed by atoms with Crippen molar-refractivity contribution in [3.05, 3.63) is 130 Å². The minimum atomic E-state index is -0.698. The first-order valence-corrected chi connectivity index (χ1v) is 15.3. The van der Waals surface area contributed by atoms with E-state index >= 15 is 0 Å². The number of aromatic nitrogens is 4. The standard InChI is InChI=1S/C34H28Cl4N6/c1-19(41-30-18-29-21(11-12-39-29)15-32(30)44-31-8-6-5-7-28(31)42-43-44)26-17-25(9-10-27(26)37)40-20(2)33(34(3,4)38)22-13-23(35)16-24(36)14-22/h5-18,33,39-41H,1-2H2,3-4H3. The Bertz CT molecular complexity index is 2030. The summed E-state index contributed by atoms with van der Waals surface area (Å²) in [6.45, 7) is 12.5. The Morgan fingerprint density at radius 3 is 2.41 bits per heavy atom. The maximum atomic E-state index is 6.88. The van der Waals surface area contributed by atoms with Gasteiger partial charge in [-0.25, -0.2) is 4.68 Å². The van der Waals surface area contributed by atoms with Crippen LogP contribution in [0.5, 0.6) is 0 Å². The predicted octanol–water partition coefficient (Wildman–Crippen LogP) is 10.7. The molecule has 222 valence electrons. The molecule has 1 unspecified atom stereocenters. The molecular weight excluding hydrogens is 634 g/mol. The fourth-order valence-corrected chi connectivity index (χ4v) is 6.52. The highest BCUT2D eigenvalue weighted by atomic mass is 35.5. The number of aromatic amines is 1. The van der Waals surface area contributed by atoms with Crippen LogP contribution in [0.3, 0.4) is 0 Å². The molecule has 4 aromatic carbocycles. The molecule has 0 aliphatic rings. The summed E-state index contributed by atoms with van der Waals surface area (Å²) >= 11 is 26.3. The Labute approximate surface area is 275 Å². The molecule has 6 rings (SSSR count). The van der Waals surface area contributed by atoms with Crippen molar-refractivity contribution < 1.29 is 0 Å². The monoisotopic (exact) mass is 660 g/mol. The van der Waals surface area contributed by atoms with Gasteiger partial charge in [-0.3, -0.25) is 0 Å². The highest BCUT2D eigenvalue weighted by molar-refractivity contribution is 6.34. The maximum absolute atomic E-state index is 6.88. The third-order valence-corrected chi connectivity index (χ3v) is 8.37. The summed E-state index contributed by atoms with van der Waals surface area (Å²) in [4.78, 5) is 2.58. The lowest BCUT2D eigenvalue weighted by atomic mass is 9.85. The number of alkyl halides is 1. The molecule has 2 aromatic heterocycles. The lowest BCUT2D eigenvalue weighted by Gasteiger charge is -2.32. The van der Waals surface area contributed by atoms with E-state index in [1.165, 1.54) is 0 Å². The van der Waals surface area contributed by atoms with E-state index in [9.17, 15) is 0 Å². The smallest absolute Gasteiger partial charge is 0.113 e. The second kappa shape index (κ2) is 11.9. The lowest BCUT2D eigenvalue weighted by molar-refractivity contribution is 0.599. The molecule has 1 atom stereocenters. The molecule has 6 nitrogen and oxygen atoms in total. The zero-order chi connectivity index (χ0) is 31.2. The van der Waals surface area contributed by atoms with Crippen LogP contribution in [0, 0.1) is 0 Å². The molecule has 0 radical (unpaired) electrons. The van der Waals surface area contributed by atoms with Gasteiger partial charge in [0.05, 0.1) is 26.8 Å². The van der Waals surface area contributed by atoms with Crippen LogP contribution >= 0.6 is 46.4 Å². The van der Waals surface area contributed by atoms with Crippen LogP contribution in [0.15, 0.2) is 104 Å². The van der Waals surface area contributed by atoms with E-state index in [0.717, 1.165) is 44.6 Å². The SMILES string of the molecule is C=C(Nc1cc2[nH]ccc2cc1-n1nnc2ccccc21)c1cc(NC(=C)C(c2cc(Cl)cc(Cl)c2)C(C)(C)Cl)ccc1Cl. The van der Waals surface area contributed by atoms with Gasteiger partial charge in [0.25, 0.3) is 0 Å². The van der Waals surface area contributed by atoms with Crippen LogP contribution < -0.4 is 10.6 Å². The van der Waals surface area contributed by atoms with Gasteiger partial charge >= 0.3 is 0 Å². The van der Waals surface area contributed by atoms with Crippen molar-refractivity contribution in [1.82, 2.24) is 20.0 Å². The van der Waals surface area contributed by atoms with Crippen molar-refractivity contribution in [1.29, 1.82) is 0 Å². The second-order valence-corrected chi connectivity index (χ2v) is 13.3. The molecule has 0 bridgehead atoms. The number of benzene rings is 4. The van der Waals surface area contributed by atoms with E-state index in [1.807, 2.05) is 91.5 Å². The molecular formula is C34H28Cl4N6. The van der Waals surface area contributed by atoms with Gasteiger partial charge in [-0.15, -0.1) is 16.7 Å². The summed E-state index contributed by atoms with van der Waals surface area (Å²) in [5, 5.41) is 18.3. The van der Waals surface area contributed by atoms with Crippen LogP contribution in [0.25, 0.3) is 33.3 Å². The Balaban J connectivity index is 1.32. The lowest BCUT2D eigenvalue weighted by Crippen LogP contribution is -2.27. The average molecular weight is 662 g/mol. The van der Waals surface area contributed by atoms with E-state index in [4.69, 9.17) is 46.4 Å². The Morgan fingerprint density at radius 1 is 0.909 bits per heavy atom. The summed E-state index contributed by atoms with van der Waals surface area (Å²) < 4.78 is 1.82. The molecule has 0 saturated carbocycles.